The average Bonchev–Trinajstić information content (AvgIpc) is 3.53. The molecule has 0 N–H and O–H groups in total. The van der Waals surface area contributed by atoms with Crippen LogP contribution in [0.15, 0.2) is 65.7 Å². The number of amides is 3. The summed E-state index contributed by atoms with van der Waals surface area (Å²) in [5, 5.41) is 11.1. The van der Waals surface area contributed by atoms with Crippen LogP contribution in [0.1, 0.15) is 48.2 Å². The highest BCUT2D eigenvalue weighted by molar-refractivity contribution is 6.30. The van der Waals surface area contributed by atoms with Gasteiger partial charge in [-0.2, -0.15) is 5.26 Å². The average molecular weight is 720 g/mol. The second-order valence-corrected chi connectivity index (χ2v) is 13.0. The highest BCUT2D eigenvalue weighted by Crippen LogP contribution is 2.46. The summed E-state index contributed by atoms with van der Waals surface area (Å²) >= 11 is 12.6. The molecule has 3 aromatic carbocycles. The predicted octanol–water partition coefficient (Wildman–Crippen LogP) is 5.80. The van der Waals surface area contributed by atoms with Crippen LogP contribution in [-0.2, 0) is 9.53 Å². The van der Waals surface area contributed by atoms with Gasteiger partial charge < -0.3 is 24.0 Å². The fourth-order valence-electron chi connectivity index (χ4n) is 6.58. The van der Waals surface area contributed by atoms with Gasteiger partial charge in [0.1, 0.15) is 29.4 Å². The first-order chi connectivity index (χ1) is 24.3. The lowest BCUT2D eigenvalue weighted by Gasteiger charge is -2.39. The molecule has 0 unspecified atom stereocenters. The number of benzene rings is 3. The molecule has 13 heteroatoms. The molecule has 3 aliphatic rings. The topological polar surface area (TPSA) is 111 Å². The number of carbonyl (C=O) groups excluding carboxylic acids is 2. The summed E-state index contributed by atoms with van der Waals surface area (Å²) in [6, 6.07) is 19.2. The molecule has 262 valence electrons. The molecule has 0 aliphatic carbocycles. The number of ether oxygens (including phenoxy) is 3. The maximum absolute atomic E-state index is 14.9. The first-order valence-corrected chi connectivity index (χ1v) is 17.7. The molecule has 3 heterocycles. The molecule has 3 amide bonds. The van der Waals surface area contributed by atoms with Crippen molar-refractivity contribution in [2.75, 3.05) is 72.2 Å². The fraction of sp³-hybridized carbons (Fsp3) is 0.405. The van der Waals surface area contributed by atoms with Crippen LogP contribution in [0.3, 0.4) is 0 Å². The molecule has 0 aromatic heterocycles. The van der Waals surface area contributed by atoms with E-state index in [1.807, 2.05) is 60.0 Å². The molecular weight excluding hydrogens is 679 g/mol. The number of halogens is 2. The quantitative estimate of drug-likeness (QED) is 0.275. The lowest BCUT2D eigenvalue weighted by Crippen LogP contribution is -2.56. The Morgan fingerprint density at radius 2 is 1.44 bits per heavy atom. The largest absolute Gasteiger partial charge is 0.493 e. The van der Waals surface area contributed by atoms with E-state index < -0.39 is 12.1 Å². The molecule has 2 saturated heterocycles. The Morgan fingerprint density at radius 3 is 2.04 bits per heavy atom. The van der Waals surface area contributed by atoms with Crippen molar-refractivity contribution in [1.29, 1.82) is 5.26 Å². The van der Waals surface area contributed by atoms with E-state index in [-0.39, 0.29) is 11.9 Å². The Hall–Kier alpha value is -4.34. The Bertz CT molecular complexity index is 1750. The van der Waals surface area contributed by atoms with Crippen molar-refractivity contribution < 1.29 is 23.8 Å². The van der Waals surface area contributed by atoms with E-state index >= 15 is 0 Å². The third-order valence-electron chi connectivity index (χ3n) is 9.10. The number of hydrogen-bond donors (Lipinski definition) is 0. The van der Waals surface area contributed by atoms with Crippen LogP contribution in [0.25, 0.3) is 0 Å². The molecule has 6 rings (SSSR count). The number of piperazine rings is 1. The van der Waals surface area contributed by atoms with E-state index in [0.717, 1.165) is 11.1 Å². The Kier molecular flexibility index (Phi) is 11.4. The second kappa shape index (κ2) is 16.1. The summed E-state index contributed by atoms with van der Waals surface area (Å²) in [7, 11) is 0. The third-order valence-corrected chi connectivity index (χ3v) is 9.61. The molecule has 3 aromatic rings. The molecule has 11 nitrogen and oxygen atoms in total. The van der Waals surface area contributed by atoms with Crippen molar-refractivity contribution >= 4 is 41.0 Å². The molecule has 0 saturated carbocycles. The van der Waals surface area contributed by atoms with E-state index in [1.165, 1.54) is 0 Å². The Morgan fingerprint density at radius 1 is 0.840 bits per heavy atom. The first kappa shape index (κ1) is 35.5. The van der Waals surface area contributed by atoms with E-state index in [2.05, 4.69) is 11.0 Å². The van der Waals surface area contributed by atoms with Gasteiger partial charge in [0.25, 0.3) is 0 Å². The van der Waals surface area contributed by atoms with Gasteiger partial charge in [0, 0.05) is 55.4 Å². The Labute approximate surface area is 302 Å². The highest BCUT2D eigenvalue weighted by Gasteiger charge is 2.45. The lowest BCUT2D eigenvalue weighted by molar-refractivity contribution is -0.136. The molecule has 50 heavy (non-hydrogen) atoms. The van der Waals surface area contributed by atoms with Gasteiger partial charge in [-0.1, -0.05) is 47.5 Å². The van der Waals surface area contributed by atoms with Crippen molar-refractivity contribution in [3.05, 3.63) is 93.0 Å². The van der Waals surface area contributed by atoms with E-state index in [9.17, 15) is 14.9 Å². The minimum atomic E-state index is -0.558. The van der Waals surface area contributed by atoms with Gasteiger partial charge in [0.2, 0.25) is 5.91 Å². The zero-order valence-electron chi connectivity index (χ0n) is 28.2. The molecule has 0 spiro atoms. The predicted molar refractivity (Wildman–Crippen MR) is 191 cm³/mol. The number of aliphatic imine (C=N–C) groups is 1. The van der Waals surface area contributed by atoms with Crippen LogP contribution >= 0.6 is 23.2 Å². The molecule has 3 aliphatic heterocycles. The molecule has 2 atom stereocenters. The summed E-state index contributed by atoms with van der Waals surface area (Å²) in [6.07, 6.45) is 0. The van der Waals surface area contributed by atoms with Gasteiger partial charge in [-0.05, 0) is 55.3 Å². The van der Waals surface area contributed by atoms with Crippen molar-refractivity contribution in [3.63, 3.8) is 0 Å². The summed E-state index contributed by atoms with van der Waals surface area (Å²) < 4.78 is 17.4. The van der Waals surface area contributed by atoms with Crippen molar-refractivity contribution in [2.45, 2.75) is 25.9 Å². The molecule has 2 fully saturated rings. The number of hydrogen-bond acceptors (Lipinski definition) is 8. The monoisotopic (exact) mass is 718 g/mol. The third kappa shape index (κ3) is 7.69. The number of amidine groups is 1. The maximum atomic E-state index is 14.9. The summed E-state index contributed by atoms with van der Waals surface area (Å²) in [5.74, 6) is 1.26. The minimum Gasteiger partial charge on any atom is -0.493 e. The van der Waals surface area contributed by atoms with Gasteiger partial charge in [0.15, 0.2) is 0 Å². The van der Waals surface area contributed by atoms with Crippen LogP contribution in [0, 0.1) is 11.3 Å². The minimum absolute atomic E-state index is 0.0741. The van der Waals surface area contributed by atoms with Gasteiger partial charge in [-0.15, -0.1) is 0 Å². The van der Waals surface area contributed by atoms with Crippen LogP contribution in [0.4, 0.5) is 4.79 Å². The van der Waals surface area contributed by atoms with E-state index in [0.29, 0.717) is 111 Å². The molecule has 0 radical (unpaired) electrons. The van der Waals surface area contributed by atoms with Crippen molar-refractivity contribution in [1.82, 2.24) is 19.6 Å². The van der Waals surface area contributed by atoms with Gasteiger partial charge >= 0.3 is 6.03 Å². The van der Waals surface area contributed by atoms with E-state index in [4.69, 9.17) is 42.4 Å². The zero-order valence-corrected chi connectivity index (χ0v) is 29.7. The van der Waals surface area contributed by atoms with Crippen LogP contribution in [-0.4, -0.2) is 110 Å². The number of rotatable bonds is 9. The summed E-state index contributed by atoms with van der Waals surface area (Å²) in [5.41, 5.74) is 2.56. The second-order valence-electron chi connectivity index (χ2n) is 12.2. The smallest absolute Gasteiger partial charge is 0.326 e. The zero-order chi connectivity index (χ0) is 35.2. The Balaban J connectivity index is 1.39. The van der Waals surface area contributed by atoms with Gasteiger partial charge in [0.05, 0.1) is 50.1 Å². The number of morpholine rings is 1. The van der Waals surface area contributed by atoms with Crippen LogP contribution < -0.4 is 9.47 Å². The van der Waals surface area contributed by atoms with Gasteiger partial charge in [-0.3, -0.25) is 19.6 Å². The van der Waals surface area contributed by atoms with Crippen LogP contribution in [0.5, 0.6) is 11.5 Å². The number of carbonyl (C=O) groups is 2. The standard InChI is InChI=1S/C37H40Cl2N6O5/c1-3-49-31-22-30(32(50-4-2)21-27(31)23-40)36-41-34(25-5-9-28(38)10-6-25)35(26-7-11-29(39)12-8-26)45(36)37(47)44-15-13-42(14-16-44)24-33(46)43-17-19-48-20-18-43/h5-12,21-22,34-35H,3-4,13-20,24H2,1-2H3/t34-,35+/m0/s1. The normalized spacial score (nSPS) is 19.6. The maximum Gasteiger partial charge on any atom is 0.326 e. The lowest BCUT2D eigenvalue weighted by atomic mass is 9.93. The molecule has 0 bridgehead atoms. The number of nitrogens with zero attached hydrogens (tertiary/aromatic N) is 6. The van der Waals surface area contributed by atoms with Gasteiger partial charge in [-0.25, -0.2) is 4.79 Å². The summed E-state index contributed by atoms with van der Waals surface area (Å²) in [6.45, 7) is 8.92. The van der Waals surface area contributed by atoms with Crippen LogP contribution in [0.2, 0.25) is 10.0 Å². The summed E-state index contributed by atoms with van der Waals surface area (Å²) in [4.78, 5) is 40.7. The highest BCUT2D eigenvalue weighted by atomic mass is 35.5. The SMILES string of the molecule is CCOc1cc(C2=N[C@@H](c3ccc(Cl)cc3)[C@@H](c3ccc(Cl)cc3)N2C(=O)N2CCN(CC(=O)N3CCOCC3)CC2)c(OCC)cc1C#N. The van der Waals surface area contributed by atoms with Crippen molar-refractivity contribution in [3.8, 4) is 17.6 Å². The molecular formula is C37H40Cl2N6O5. The fourth-order valence-corrected chi connectivity index (χ4v) is 6.83. The first-order valence-electron chi connectivity index (χ1n) is 16.9. The van der Waals surface area contributed by atoms with E-state index in [1.54, 1.807) is 29.2 Å². The number of nitriles is 1. The number of urea groups is 1. The van der Waals surface area contributed by atoms with Crippen molar-refractivity contribution in [2.24, 2.45) is 4.99 Å².